The number of nitrogens with zero attached hydrogens (tertiary/aromatic N) is 3. The molecule has 2 heterocycles. The zero-order valence-corrected chi connectivity index (χ0v) is 9.71. The van der Waals surface area contributed by atoms with Gasteiger partial charge in [-0.25, -0.2) is 4.98 Å². The lowest BCUT2D eigenvalue weighted by Crippen LogP contribution is -2.35. The van der Waals surface area contributed by atoms with Crippen molar-refractivity contribution >= 4 is 16.9 Å². The van der Waals surface area contributed by atoms with Gasteiger partial charge in [0.25, 0.3) is 0 Å². The van der Waals surface area contributed by atoms with Crippen LogP contribution in [0.3, 0.4) is 0 Å². The van der Waals surface area contributed by atoms with Crippen LogP contribution in [-0.2, 0) is 0 Å². The number of aromatic nitrogens is 2. The third-order valence-electron chi connectivity index (χ3n) is 3.38. The Hall–Kier alpha value is -1.68. The molecule has 0 radical (unpaired) electrons. The van der Waals surface area contributed by atoms with Crippen LogP contribution in [0.5, 0.6) is 0 Å². The zero-order valence-electron chi connectivity index (χ0n) is 9.71. The molecule has 1 fully saturated rings. The number of nitrogens with two attached hydrogens (primary N) is 1. The molecule has 0 aliphatic carbocycles. The van der Waals surface area contributed by atoms with E-state index in [2.05, 4.69) is 14.9 Å². The van der Waals surface area contributed by atoms with Crippen LogP contribution in [0, 0.1) is 0 Å². The molecule has 1 saturated heterocycles. The van der Waals surface area contributed by atoms with Gasteiger partial charge in [-0.3, -0.25) is 4.98 Å². The lowest BCUT2D eigenvalue weighted by atomic mass is 10.2. The molecule has 1 aliphatic heterocycles. The van der Waals surface area contributed by atoms with Gasteiger partial charge in [-0.2, -0.15) is 0 Å². The summed E-state index contributed by atoms with van der Waals surface area (Å²) in [5.74, 6) is 0.955. The predicted octanol–water partition coefficient (Wildman–Crippen LogP) is 1.56. The van der Waals surface area contributed by atoms with Gasteiger partial charge in [0.2, 0.25) is 0 Å². The third kappa shape index (κ3) is 1.85. The minimum atomic E-state index is 0.422. The molecule has 2 N–H and O–H groups in total. The number of benzene rings is 1. The Morgan fingerprint density at radius 2 is 2.12 bits per heavy atom. The minimum Gasteiger partial charge on any atom is -0.351 e. The molecule has 0 unspecified atom stereocenters. The van der Waals surface area contributed by atoms with Crippen LogP contribution in [0.25, 0.3) is 11.0 Å². The predicted molar refractivity (Wildman–Crippen MR) is 69.0 cm³/mol. The highest BCUT2D eigenvalue weighted by atomic mass is 15.2. The lowest BCUT2D eigenvalue weighted by molar-refractivity contribution is 0.671. The maximum Gasteiger partial charge on any atom is 0.148 e. The van der Waals surface area contributed by atoms with Gasteiger partial charge >= 0.3 is 0 Å². The molecular formula is C13H16N4. The quantitative estimate of drug-likeness (QED) is 0.847. The first-order valence-electron chi connectivity index (χ1n) is 6.07. The van der Waals surface area contributed by atoms with Crippen LogP contribution in [0.15, 0.2) is 30.5 Å². The summed E-state index contributed by atoms with van der Waals surface area (Å²) >= 11 is 0. The fourth-order valence-electron chi connectivity index (χ4n) is 2.47. The van der Waals surface area contributed by atoms with Crippen molar-refractivity contribution in [1.82, 2.24) is 9.97 Å². The highest BCUT2D eigenvalue weighted by Crippen LogP contribution is 2.23. The van der Waals surface area contributed by atoms with Gasteiger partial charge in [-0.1, -0.05) is 12.1 Å². The van der Waals surface area contributed by atoms with Crippen molar-refractivity contribution < 1.29 is 0 Å². The summed E-state index contributed by atoms with van der Waals surface area (Å²) in [6, 6.07) is 8.38. The Morgan fingerprint density at radius 3 is 2.94 bits per heavy atom. The largest absolute Gasteiger partial charge is 0.351 e. The van der Waals surface area contributed by atoms with Gasteiger partial charge in [0.15, 0.2) is 0 Å². The van der Waals surface area contributed by atoms with Crippen molar-refractivity contribution in [3.63, 3.8) is 0 Å². The van der Waals surface area contributed by atoms with Crippen molar-refractivity contribution in [2.45, 2.75) is 18.9 Å². The van der Waals surface area contributed by atoms with E-state index in [9.17, 15) is 0 Å². The van der Waals surface area contributed by atoms with E-state index >= 15 is 0 Å². The van der Waals surface area contributed by atoms with Crippen LogP contribution in [0.4, 0.5) is 5.82 Å². The number of hydrogen-bond acceptors (Lipinski definition) is 4. The number of rotatable bonds is 2. The topological polar surface area (TPSA) is 55.0 Å². The van der Waals surface area contributed by atoms with Crippen molar-refractivity contribution in [2.75, 3.05) is 18.0 Å². The Balaban J connectivity index is 2.00. The molecule has 88 valence electrons. The average molecular weight is 228 g/mol. The standard InChI is InChI=1S/C13H16N4/c14-8-10-4-3-7-17(10)13-9-15-11-5-1-2-6-12(11)16-13/h1-2,5-6,9-10H,3-4,7-8,14H2/t10-/m1/s1. The second-order valence-electron chi connectivity index (χ2n) is 4.44. The van der Waals surface area contributed by atoms with Gasteiger partial charge in [-0.05, 0) is 25.0 Å². The molecule has 17 heavy (non-hydrogen) atoms. The molecule has 0 saturated carbocycles. The minimum absolute atomic E-state index is 0.422. The van der Waals surface area contributed by atoms with E-state index in [0.29, 0.717) is 12.6 Å². The molecule has 1 aromatic carbocycles. The van der Waals surface area contributed by atoms with Crippen molar-refractivity contribution in [1.29, 1.82) is 0 Å². The maximum atomic E-state index is 5.78. The van der Waals surface area contributed by atoms with Crippen LogP contribution >= 0.6 is 0 Å². The average Bonchev–Trinajstić information content (AvgIpc) is 2.86. The van der Waals surface area contributed by atoms with E-state index in [4.69, 9.17) is 5.73 Å². The molecule has 0 bridgehead atoms. The SMILES string of the molecule is NC[C@H]1CCCN1c1cnc2ccccc2n1. The Morgan fingerprint density at radius 1 is 1.29 bits per heavy atom. The van der Waals surface area contributed by atoms with Crippen LogP contribution < -0.4 is 10.6 Å². The van der Waals surface area contributed by atoms with Crippen LogP contribution in [0.2, 0.25) is 0 Å². The third-order valence-corrected chi connectivity index (χ3v) is 3.38. The van der Waals surface area contributed by atoms with Gasteiger partial charge in [0, 0.05) is 19.1 Å². The number of fused-ring (bicyclic) bond motifs is 1. The molecule has 0 spiro atoms. The Bertz CT molecular complexity index is 526. The highest BCUT2D eigenvalue weighted by molar-refractivity contribution is 5.75. The summed E-state index contributed by atoms with van der Waals surface area (Å²) in [5.41, 5.74) is 7.68. The van der Waals surface area contributed by atoms with Gasteiger partial charge in [0.05, 0.1) is 17.2 Å². The maximum absolute atomic E-state index is 5.78. The summed E-state index contributed by atoms with van der Waals surface area (Å²) in [7, 11) is 0. The number of para-hydroxylation sites is 2. The second-order valence-corrected chi connectivity index (χ2v) is 4.44. The Kier molecular flexibility index (Phi) is 2.65. The first-order chi connectivity index (χ1) is 8.38. The van der Waals surface area contributed by atoms with Crippen LogP contribution in [-0.4, -0.2) is 29.1 Å². The molecule has 0 amide bonds. The lowest BCUT2D eigenvalue weighted by Gasteiger charge is -2.24. The normalized spacial score (nSPS) is 20.1. The van der Waals surface area contributed by atoms with Gasteiger partial charge in [0.1, 0.15) is 5.82 Å². The summed E-state index contributed by atoms with van der Waals surface area (Å²) in [6.45, 7) is 1.73. The first-order valence-corrected chi connectivity index (χ1v) is 6.07. The molecular weight excluding hydrogens is 212 g/mol. The highest BCUT2D eigenvalue weighted by Gasteiger charge is 2.24. The van der Waals surface area contributed by atoms with E-state index < -0.39 is 0 Å². The molecule has 1 atom stereocenters. The molecule has 2 aromatic rings. The first kappa shape index (κ1) is 10.5. The zero-order chi connectivity index (χ0) is 11.7. The molecule has 3 rings (SSSR count). The summed E-state index contributed by atoms with van der Waals surface area (Å²) < 4.78 is 0. The monoisotopic (exact) mass is 228 g/mol. The van der Waals surface area contributed by atoms with E-state index in [-0.39, 0.29) is 0 Å². The fourth-order valence-corrected chi connectivity index (χ4v) is 2.47. The fraction of sp³-hybridized carbons (Fsp3) is 0.385. The molecule has 4 heteroatoms. The smallest absolute Gasteiger partial charge is 0.148 e. The molecule has 4 nitrogen and oxygen atoms in total. The van der Waals surface area contributed by atoms with E-state index in [1.807, 2.05) is 30.5 Å². The number of anilines is 1. The van der Waals surface area contributed by atoms with E-state index in [1.54, 1.807) is 0 Å². The summed E-state index contributed by atoms with van der Waals surface area (Å²) in [5, 5.41) is 0. The van der Waals surface area contributed by atoms with E-state index in [1.165, 1.54) is 6.42 Å². The van der Waals surface area contributed by atoms with Crippen molar-refractivity contribution in [2.24, 2.45) is 5.73 Å². The van der Waals surface area contributed by atoms with Gasteiger partial charge < -0.3 is 10.6 Å². The summed E-state index contributed by atoms with van der Waals surface area (Å²) in [6.07, 6.45) is 4.21. The molecule has 1 aromatic heterocycles. The molecule has 1 aliphatic rings. The van der Waals surface area contributed by atoms with Gasteiger partial charge in [-0.15, -0.1) is 0 Å². The summed E-state index contributed by atoms with van der Waals surface area (Å²) in [4.78, 5) is 11.4. The van der Waals surface area contributed by atoms with Crippen LogP contribution in [0.1, 0.15) is 12.8 Å². The van der Waals surface area contributed by atoms with Crippen molar-refractivity contribution in [3.05, 3.63) is 30.5 Å². The second kappa shape index (κ2) is 4.30. The Labute approximate surface area is 100 Å². The van der Waals surface area contributed by atoms with E-state index in [0.717, 1.165) is 29.8 Å². The van der Waals surface area contributed by atoms with Crippen molar-refractivity contribution in [3.8, 4) is 0 Å². The number of hydrogen-bond donors (Lipinski definition) is 1.